The molecule has 3 N–H and O–H groups in total. The Labute approximate surface area is 81.1 Å². The van der Waals surface area contributed by atoms with E-state index in [-0.39, 0.29) is 0 Å². The first kappa shape index (κ1) is 12.2. The first-order valence-electron chi connectivity index (χ1n) is 4.59. The standard InChI is InChI=1S/C8H21N3S/c1-2-11(7-8-12)6-5-10-4-3-9/h10,12H,2-9H2,1H3. The summed E-state index contributed by atoms with van der Waals surface area (Å²) in [6.45, 7) is 8.11. The summed E-state index contributed by atoms with van der Waals surface area (Å²) in [7, 11) is 0. The minimum absolute atomic E-state index is 0.721. The third kappa shape index (κ3) is 6.91. The molecule has 0 aliphatic heterocycles. The molecule has 0 bridgehead atoms. The minimum Gasteiger partial charge on any atom is -0.329 e. The molecule has 0 saturated heterocycles. The lowest BCUT2D eigenvalue weighted by Crippen LogP contribution is -2.35. The SMILES string of the molecule is CCN(CCS)CCNCCN. The number of nitrogens with zero attached hydrogens (tertiary/aromatic N) is 1. The zero-order valence-corrected chi connectivity index (χ0v) is 8.82. The molecule has 0 aromatic carbocycles. The van der Waals surface area contributed by atoms with E-state index in [1.807, 2.05) is 0 Å². The fourth-order valence-electron chi connectivity index (χ4n) is 1.03. The van der Waals surface area contributed by atoms with Crippen LogP contribution in [0.2, 0.25) is 0 Å². The van der Waals surface area contributed by atoms with Crippen molar-refractivity contribution in [2.75, 3.05) is 45.0 Å². The lowest BCUT2D eigenvalue weighted by atomic mass is 10.4. The highest BCUT2D eigenvalue weighted by Crippen LogP contribution is 1.87. The minimum atomic E-state index is 0.721. The molecule has 74 valence electrons. The van der Waals surface area contributed by atoms with Gasteiger partial charge in [-0.1, -0.05) is 6.92 Å². The quantitative estimate of drug-likeness (QED) is 0.367. The molecule has 0 aliphatic carbocycles. The first-order chi connectivity index (χ1) is 5.85. The number of hydrogen-bond donors (Lipinski definition) is 3. The Balaban J connectivity index is 3.19. The van der Waals surface area contributed by atoms with Gasteiger partial charge in [-0.05, 0) is 6.54 Å². The summed E-state index contributed by atoms with van der Waals surface area (Å²) < 4.78 is 0. The molecule has 4 heteroatoms. The van der Waals surface area contributed by atoms with Gasteiger partial charge in [-0.3, -0.25) is 0 Å². The van der Waals surface area contributed by atoms with Crippen molar-refractivity contribution in [1.29, 1.82) is 0 Å². The first-order valence-corrected chi connectivity index (χ1v) is 5.22. The van der Waals surface area contributed by atoms with E-state index in [1.165, 1.54) is 0 Å². The lowest BCUT2D eigenvalue weighted by molar-refractivity contribution is 0.306. The molecular formula is C8H21N3S. The van der Waals surface area contributed by atoms with Gasteiger partial charge in [0.2, 0.25) is 0 Å². The van der Waals surface area contributed by atoms with E-state index in [2.05, 4.69) is 29.8 Å². The molecule has 0 saturated carbocycles. The van der Waals surface area contributed by atoms with Crippen LogP contribution in [0.4, 0.5) is 0 Å². The summed E-state index contributed by atoms with van der Waals surface area (Å²) in [5.41, 5.74) is 5.35. The van der Waals surface area contributed by atoms with Gasteiger partial charge in [0.05, 0.1) is 0 Å². The van der Waals surface area contributed by atoms with Gasteiger partial charge < -0.3 is 16.0 Å². The van der Waals surface area contributed by atoms with Gasteiger partial charge >= 0.3 is 0 Å². The number of rotatable bonds is 8. The molecule has 0 unspecified atom stereocenters. The number of likely N-dealkylation sites (N-methyl/N-ethyl adjacent to an activating group) is 1. The van der Waals surface area contributed by atoms with Crippen molar-refractivity contribution in [3.8, 4) is 0 Å². The molecule has 0 amide bonds. The van der Waals surface area contributed by atoms with Crippen LogP contribution in [0.3, 0.4) is 0 Å². The molecule has 0 aliphatic rings. The van der Waals surface area contributed by atoms with Crippen LogP contribution < -0.4 is 11.1 Å². The maximum absolute atomic E-state index is 5.35. The van der Waals surface area contributed by atoms with Gasteiger partial charge in [0.25, 0.3) is 0 Å². The van der Waals surface area contributed by atoms with Crippen molar-refractivity contribution in [3.05, 3.63) is 0 Å². The third-order valence-electron chi connectivity index (χ3n) is 1.79. The highest BCUT2D eigenvalue weighted by atomic mass is 32.1. The normalized spacial score (nSPS) is 11.0. The van der Waals surface area contributed by atoms with Crippen LogP contribution in [-0.4, -0.2) is 49.9 Å². The summed E-state index contributed by atoms with van der Waals surface area (Å²) in [4.78, 5) is 2.37. The number of nitrogens with one attached hydrogen (secondary N) is 1. The van der Waals surface area contributed by atoms with E-state index in [4.69, 9.17) is 5.73 Å². The molecule has 0 rings (SSSR count). The van der Waals surface area contributed by atoms with E-state index >= 15 is 0 Å². The molecule has 0 aromatic rings. The molecule has 0 spiro atoms. The zero-order valence-electron chi connectivity index (χ0n) is 7.92. The summed E-state index contributed by atoms with van der Waals surface area (Å²) in [6.07, 6.45) is 0. The predicted octanol–water partition coefficient (Wildman–Crippen LogP) is -0.214. The molecule has 0 fully saturated rings. The van der Waals surface area contributed by atoms with Crippen molar-refractivity contribution in [3.63, 3.8) is 0 Å². The second kappa shape index (κ2) is 9.32. The van der Waals surface area contributed by atoms with Crippen molar-refractivity contribution < 1.29 is 0 Å². The van der Waals surface area contributed by atoms with E-state index < -0.39 is 0 Å². The molecule has 0 heterocycles. The highest BCUT2D eigenvalue weighted by molar-refractivity contribution is 7.80. The van der Waals surface area contributed by atoms with Crippen LogP contribution in [0.15, 0.2) is 0 Å². The largest absolute Gasteiger partial charge is 0.329 e. The van der Waals surface area contributed by atoms with E-state index in [0.29, 0.717) is 0 Å². The van der Waals surface area contributed by atoms with Gasteiger partial charge in [-0.25, -0.2) is 0 Å². The molecular weight excluding hydrogens is 170 g/mol. The Morgan fingerprint density at radius 1 is 1.33 bits per heavy atom. The van der Waals surface area contributed by atoms with Gasteiger partial charge in [0, 0.05) is 38.5 Å². The second-order valence-corrected chi connectivity index (χ2v) is 3.14. The average Bonchev–Trinajstić information content (AvgIpc) is 2.10. The predicted molar refractivity (Wildman–Crippen MR) is 57.9 cm³/mol. The maximum Gasteiger partial charge on any atom is 0.0107 e. The van der Waals surface area contributed by atoms with Crippen LogP contribution >= 0.6 is 12.6 Å². The van der Waals surface area contributed by atoms with Gasteiger partial charge in [-0.15, -0.1) is 0 Å². The lowest BCUT2D eigenvalue weighted by Gasteiger charge is -2.19. The summed E-state index contributed by atoms with van der Waals surface area (Å²) in [6, 6.07) is 0. The molecule has 0 atom stereocenters. The monoisotopic (exact) mass is 191 g/mol. The number of thiol groups is 1. The number of nitrogens with two attached hydrogens (primary N) is 1. The molecule has 12 heavy (non-hydrogen) atoms. The van der Waals surface area contributed by atoms with Crippen molar-refractivity contribution >= 4 is 12.6 Å². The van der Waals surface area contributed by atoms with E-state index in [1.54, 1.807) is 0 Å². The van der Waals surface area contributed by atoms with Crippen molar-refractivity contribution in [2.24, 2.45) is 5.73 Å². The van der Waals surface area contributed by atoms with Crippen LogP contribution in [0.25, 0.3) is 0 Å². The fraction of sp³-hybridized carbons (Fsp3) is 1.00. The van der Waals surface area contributed by atoms with Crippen LogP contribution in [-0.2, 0) is 0 Å². The van der Waals surface area contributed by atoms with Crippen LogP contribution in [0.1, 0.15) is 6.92 Å². The maximum atomic E-state index is 5.35. The van der Waals surface area contributed by atoms with Gasteiger partial charge in [0.1, 0.15) is 0 Å². The Morgan fingerprint density at radius 2 is 2.08 bits per heavy atom. The highest BCUT2D eigenvalue weighted by Gasteiger charge is 1.98. The fourth-order valence-corrected chi connectivity index (χ4v) is 1.32. The number of hydrogen-bond acceptors (Lipinski definition) is 4. The van der Waals surface area contributed by atoms with E-state index in [9.17, 15) is 0 Å². The van der Waals surface area contributed by atoms with Crippen molar-refractivity contribution in [1.82, 2.24) is 10.2 Å². The Bertz CT molecular complexity index is 90.4. The summed E-state index contributed by atoms with van der Waals surface area (Å²) >= 11 is 4.20. The Morgan fingerprint density at radius 3 is 2.58 bits per heavy atom. The van der Waals surface area contributed by atoms with Crippen LogP contribution in [0.5, 0.6) is 0 Å². The van der Waals surface area contributed by atoms with Gasteiger partial charge in [0.15, 0.2) is 0 Å². The molecule has 0 radical (unpaired) electrons. The van der Waals surface area contributed by atoms with Gasteiger partial charge in [-0.2, -0.15) is 12.6 Å². The summed E-state index contributed by atoms with van der Waals surface area (Å²) in [5, 5.41) is 3.27. The zero-order chi connectivity index (χ0) is 9.23. The third-order valence-corrected chi connectivity index (χ3v) is 1.99. The smallest absolute Gasteiger partial charge is 0.0107 e. The summed E-state index contributed by atoms with van der Waals surface area (Å²) in [5.74, 6) is 0.935. The Hall–Kier alpha value is 0.230. The average molecular weight is 191 g/mol. The van der Waals surface area contributed by atoms with Crippen LogP contribution in [0, 0.1) is 0 Å². The van der Waals surface area contributed by atoms with Crippen molar-refractivity contribution in [2.45, 2.75) is 6.92 Å². The Kier molecular flexibility index (Phi) is 9.50. The molecule has 0 aromatic heterocycles. The second-order valence-electron chi connectivity index (χ2n) is 2.70. The van der Waals surface area contributed by atoms with E-state index in [0.717, 1.165) is 45.0 Å². The molecule has 3 nitrogen and oxygen atoms in total. The topological polar surface area (TPSA) is 41.3 Å².